The Labute approximate surface area is 208 Å². The monoisotopic (exact) mass is 519 g/mol. The van der Waals surface area contributed by atoms with E-state index in [0.717, 1.165) is 12.3 Å². The molecule has 2 N–H and O–H groups in total. The molecule has 0 fully saturated rings. The van der Waals surface area contributed by atoms with Crippen LogP contribution in [0.15, 0.2) is 71.7 Å². The average molecular weight is 520 g/mol. The van der Waals surface area contributed by atoms with Crippen LogP contribution in [0.3, 0.4) is 0 Å². The van der Waals surface area contributed by atoms with E-state index >= 15 is 0 Å². The van der Waals surface area contributed by atoms with E-state index in [4.69, 9.17) is 23.2 Å². The molecule has 35 heavy (non-hydrogen) atoms. The van der Waals surface area contributed by atoms with E-state index < -0.39 is 17.4 Å². The normalized spacial score (nSPS) is 11.5. The topological polar surface area (TPSA) is 71.8 Å². The van der Waals surface area contributed by atoms with E-state index in [0.29, 0.717) is 43.7 Å². The van der Waals surface area contributed by atoms with Gasteiger partial charge < -0.3 is 5.43 Å². The Balaban J connectivity index is 1.91. The van der Waals surface area contributed by atoms with E-state index in [1.165, 1.54) is 10.7 Å². The molecule has 6 nitrogen and oxygen atoms in total. The van der Waals surface area contributed by atoms with Crippen molar-refractivity contribution in [2.24, 2.45) is 0 Å². The molecule has 0 aliphatic heterocycles. The third kappa shape index (κ3) is 5.48. The number of rotatable bonds is 6. The Hall–Kier alpha value is -3.40. The van der Waals surface area contributed by atoms with Crippen molar-refractivity contribution in [3.05, 3.63) is 98.5 Å². The van der Waals surface area contributed by atoms with Gasteiger partial charge in [-0.3, -0.25) is 9.78 Å². The maximum Gasteiger partial charge on any atom is 0.433 e. The summed E-state index contributed by atoms with van der Waals surface area (Å²) in [4.78, 5) is 17.2. The minimum Gasteiger partial charge on any atom is -0.304 e. The summed E-state index contributed by atoms with van der Waals surface area (Å²) < 4.78 is 39.8. The van der Waals surface area contributed by atoms with Crippen molar-refractivity contribution in [2.75, 3.05) is 12.5 Å². The first kappa shape index (κ1) is 24.7. The molecule has 0 bridgehead atoms. The first-order valence-corrected chi connectivity index (χ1v) is 11.0. The van der Waals surface area contributed by atoms with E-state index in [9.17, 15) is 18.0 Å². The molecule has 2 aromatic heterocycles. The van der Waals surface area contributed by atoms with Crippen LogP contribution in [0.5, 0.6) is 0 Å². The van der Waals surface area contributed by atoms with Crippen LogP contribution in [0.25, 0.3) is 22.3 Å². The second-order valence-electron chi connectivity index (χ2n) is 7.50. The van der Waals surface area contributed by atoms with Crippen LogP contribution < -0.4 is 16.4 Å². The third-order valence-corrected chi connectivity index (χ3v) is 5.62. The standard InChI is InChI=1S/C24H18Cl2F3N5O/c1-30-32-22-20(15-3-7-17(25)8-4-15)21(16-5-9-18(26)10-6-16)23(35)34(33-22)13-14-2-11-19(31-12-14)24(27,28)29/h2-12,30H,13H2,1H3,(H,32,33). The summed E-state index contributed by atoms with van der Waals surface area (Å²) in [6.07, 6.45) is -3.48. The zero-order chi connectivity index (χ0) is 25.2. The van der Waals surface area contributed by atoms with Gasteiger partial charge in [0.2, 0.25) is 0 Å². The van der Waals surface area contributed by atoms with Gasteiger partial charge in [0, 0.05) is 28.9 Å². The minimum absolute atomic E-state index is 0.0934. The summed E-state index contributed by atoms with van der Waals surface area (Å²) in [5.41, 5.74) is 6.81. The Kier molecular flexibility index (Phi) is 7.11. The van der Waals surface area contributed by atoms with Gasteiger partial charge in [0.05, 0.1) is 12.1 Å². The van der Waals surface area contributed by atoms with Crippen LogP contribution in [0.2, 0.25) is 10.0 Å². The van der Waals surface area contributed by atoms with Crippen molar-refractivity contribution < 1.29 is 13.2 Å². The lowest BCUT2D eigenvalue weighted by atomic mass is 9.96. The number of pyridine rings is 1. The number of alkyl halides is 3. The lowest BCUT2D eigenvalue weighted by Gasteiger charge is -2.18. The molecular weight excluding hydrogens is 502 g/mol. The fourth-order valence-electron chi connectivity index (χ4n) is 3.52. The summed E-state index contributed by atoms with van der Waals surface area (Å²) in [5.74, 6) is 0.333. The Morgan fingerprint density at radius 2 is 1.46 bits per heavy atom. The highest BCUT2D eigenvalue weighted by Crippen LogP contribution is 2.35. The molecule has 0 atom stereocenters. The van der Waals surface area contributed by atoms with Crippen molar-refractivity contribution in [3.8, 4) is 22.3 Å². The van der Waals surface area contributed by atoms with Crippen molar-refractivity contribution in [1.29, 1.82) is 0 Å². The van der Waals surface area contributed by atoms with Crippen LogP contribution in [-0.4, -0.2) is 21.8 Å². The van der Waals surface area contributed by atoms with Gasteiger partial charge in [-0.2, -0.15) is 13.2 Å². The van der Waals surface area contributed by atoms with Crippen LogP contribution in [0.4, 0.5) is 19.0 Å². The van der Waals surface area contributed by atoms with Gasteiger partial charge in [-0.05, 0) is 47.0 Å². The zero-order valence-corrected chi connectivity index (χ0v) is 19.7. The van der Waals surface area contributed by atoms with Crippen LogP contribution in [0, 0.1) is 0 Å². The van der Waals surface area contributed by atoms with Crippen molar-refractivity contribution in [3.63, 3.8) is 0 Å². The summed E-state index contributed by atoms with van der Waals surface area (Å²) in [5, 5.41) is 5.48. The predicted molar refractivity (Wildman–Crippen MR) is 130 cm³/mol. The maximum atomic E-state index is 13.7. The molecule has 11 heteroatoms. The first-order chi connectivity index (χ1) is 16.7. The number of hydrogen-bond acceptors (Lipinski definition) is 5. The molecular formula is C24H18Cl2F3N5O. The van der Waals surface area contributed by atoms with Crippen molar-refractivity contribution in [1.82, 2.24) is 20.2 Å². The molecule has 180 valence electrons. The predicted octanol–water partition coefficient (Wildman–Crippen LogP) is 5.89. The van der Waals surface area contributed by atoms with Gasteiger partial charge in [0.25, 0.3) is 5.56 Å². The number of nitrogens with one attached hydrogen (secondary N) is 2. The van der Waals surface area contributed by atoms with E-state index in [-0.39, 0.29) is 6.54 Å². The molecule has 0 amide bonds. The second kappa shape index (κ2) is 10.1. The number of nitrogens with zero attached hydrogens (tertiary/aromatic N) is 3. The SMILES string of the molecule is CNNc1nn(Cc2ccc(C(F)(F)F)nc2)c(=O)c(-c2ccc(Cl)cc2)c1-c1ccc(Cl)cc1. The number of hydrogen-bond donors (Lipinski definition) is 2. The molecule has 0 saturated carbocycles. The lowest BCUT2D eigenvalue weighted by molar-refractivity contribution is -0.141. The molecule has 0 aliphatic rings. The molecule has 2 aromatic carbocycles. The highest BCUT2D eigenvalue weighted by Gasteiger charge is 2.32. The highest BCUT2D eigenvalue weighted by molar-refractivity contribution is 6.31. The number of aromatic nitrogens is 3. The molecule has 0 aliphatic carbocycles. The number of anilines is 1. The smallest absolute Gasteiger partial charge is 0.304 e. The molecule has 4 rings (SSSR count). The minimum atomic E-state index is -4.56. The first-order valence-electron chi connectivity index (χ1n) is 10.3. The fraction of sp³-hybridized carbons (Fsp3) is 0.125. The average Bonchev–Trinajstić information content (AvgIpc) is 2.82. The van der Waals surface area contributed by atoms with E-state index in [1.807, 2.05) is 0 Å². The van der Waals surface area contributed by atoms with Crippen molar-refractivity contribution in [2.45, 2.75) is 12.7 Å². The Morgan fingerprint density at radius 1 is 0.886 bits per heavy atom. The molecule has 0 saturated heterocycles. The number of benzene rings is 2. The van der Waals surface area contributed by atoms with Crippen molar-refractivity contribution >= 4 is 29.0 Å². The summed E-state index contributed by atoms with van der Waals surface area (Å²) in [7, 11) is 1.64. The molecule has 4 aromatic rings. The Morgan fingerprint density at radius 3 is 1.94 bits per heavy atom. The van der Waals surface area contributed by atoms with E-state index in [2.05, 4.69) is 20.9 Å². The number of halogens is 5. The zero-order valence-electron chi connectivity index (χ0n) is 18.2. The van der Waals surface area contributed by atoms with Crippen LogP contribution in [0.1, 0.15) is 11.3 Å². The Bertz CT molecular complexity index is 1390. The largest absolute Gasteiger partial charge is 0.433 e. The molecule has 2 heterocycles. The van der Waals surface area contributed by atoms with Gasteiger partial charge >= 0.3 is 6.18 Å². The quantitative estimate of drug-likeness (QED) is 0.310. The van der Waals surface area contributed by atoms with Gasteiger partial charge in [0.1, 0.15) is 5.69 Å². The van der Waals surface area contributed by atoms with E-state index in [1.54, 1.807) is 55.6 Å². The highest BCUT2D eigenvalue weighted by atomic mass is 35.5. The summed E-state index contributed by atoms with van der Waals surface area (Å²) >= 11 is 12.1. The van der Waals surface area contributed by atoms with Crippen LogP contribution in [-0.2, 0) is 12.7 Å². The van der Waals surface area contributed by atoms with Gasteiger partial charge in [-0.15, -0.1) is 5.10 Å². The van der Waals surface area contributed by atoms with Crippen LogP contribution >= 0.6 is 23.2 Å². The number of hydrazine groups is 1. The van der Waals surface area contributed by atoms with Gasteiger partial charge in [-0.1, -0.05) is 53.5 Å². The van der Waals surface area contributed by atoms with Gasteiger partial charge in [-0.25, -0.2) is 10.1 Å². The summed E-state index contributed by atoms with van der Waals surface area (Å²) in [6, 6.07) is 15.8. The molecule has 0 spiro atoms. The fourth-order valence-corrected chi connectivity index (χ4v) is 3.78. The lowest BCUT2D eigenvalue weighted by Crippen LogP contribution is -2.29. The second-order valence-corrected chi connectivity index (χ2v) is 8.37. The molecule has 0 unspecified atom stereocenters. The summed E-state index contributed by atoms with van der Waals surface area (Å²) in [6.45, 7) is -0.0934. The van der Waals surface area contributed by atoms with Gasteiger partial charge in [0.15, 0.2) is 5.82 Å². The molecule has 0 radical (unpaired) electrons. The third-order valence-electron chi connectivity index (χ3n) is 5.11. The maximum absolute atomic E-state index is 13.7.